The summed E-state index contributed by atoms with van der Waals surface area (Å²) < 4.78 is 1.56. The number of aromatic amines is 1. The minimum absolute atomic E-state index is 0.398. The van der Waals surface area contributed by atoms with E-state index in [2.05, 4.69) is 25.6 Å². The highest BCUT2D eigenvalue weighted by atomic mass is 35.5. The summed E-state index contributed by atoms with van der Waals surface area (Å²) in [4.78, 5) is 3.78. The van der Waals surface area contributed by atoms with Crippen molar-refractivity contribution in [3.05, 3.63) is 17.7 Å². The zero-order chi connectivity index (χ0) is 7.68. The lowest BCUT2D eigenvalue weighted by molar-refractivity contribution is 0.881. The fourth-order valence-corrected chi connectivity index (χ4v) is 0.823. The van der Waals surface area contributed by atoms with Crippen molar-refractivity contribution in [2.45, 2.75) is 0 Å². The van der Waals surface area contributed by atoms with Crippen LogP contribution >= 0.6 is 11.6 Å². The van der Waals surface area contributed by atoms with Crippen molar-refractivity contribution in [3.63, 3.8) is 0 Å². The molecule has 0 amide bonds. The molecule has 2 heterocycles. The highest BCUT2D eigenvalue weighted by Gasteiger charge is 2.00. The van der Waals surface area contributed by atoms with Crippen LogP contribution in [0.3, 0.4) is 0 Å². The molecule has 0 bridgehead atoms. The summed E-state index contributed by atoms with van der Waals surface area (Å²) in [5.41, 5.74) is 0. The van der Waals surface area contributed by atoms with Gasteiger partial charge in [-0.05, 0) is 5.21 Å². The Morgan fingerprint density at radius 1 is 1.55 bits per heavy atom. The quantitative estimate of drug-likeness (QED) is 0.656. The topological polar surface area (TPSA) is 72.3 Å². The van der Waals surface area contributed by atoms with Crippen LogP contribution in [-0.4, -0.2) is 30.2 Å². The Bertz CT molecular complexity index is 337. The largest absolute Gasteiger partial charge is 0.275 e. The Morgan fingerprint density at radius 2 is 2.45 bits per heavy atom. The standard InChI is InChI=1S/C4H3ClN6/c5-3-1-11(2-6-3)4-7-9-10-8-4/h1-2H,(H,7,8,9,10). The van der Waals surface area contributed by atoms with Crippen LogP contribution in [0.25, 0.3) is 5.95 Å². The first-order chi connectivity index (χ1) is 5.36. The van der Waals surface area contributed by atoms with Crippen LogP contribution in [0.2, 0.25) is 5.15 Å². The molecule has 2 aromatic rings. The number of nitrogens with one attached hydrogen (secondary N) is 1. The molecular weight excluding hydrogens is 168 g/mol. The van der Waals surface area contributed by atoms with E-state index in [0.29, 0.717) is 11.1 Å². The maximum Gasteiger partial charge on any atom is 0.275 e. The van der Waals surface area contributed by atoms with Gasteiger partial charge in [-0.2, -0.15) is 5.21 Å². The summed E-state index contributed by atoms with van der Waals surface area (Å²) in [6.45, 7) is 0. The molecule has 0 aliphatic rings. The number of nitrogens with zero attached hydrogens (tertiary/aromatic N) is 5. The second kappa shape index (κ2) is 2.31. The zero-order valence-corrected chi connectivity index (χ0v) is 6.02. The van der Waals surface area contributed by atoms with Crippen LogP contribution in [0, 0.1) is 0 Å². The molecule has 0 atom stereocenters. The third-order valence-corrected chi connectivity index (χ3v) is 1.31. The van der Waals surface area contributed by atoms with Crippen molar-refractivity contribution in [1.82, 2.24) is 30.2 Å². The average molecular weight is 171 g/mol. The van der Waals surface area contributed by atoms with Gasteiger partial charge in [-0.25, -0.2) is 4.98 Å². The van der Waals surface area contributed by atoms with Gasteiger partial charge in [-0.3, -0.25) is 4.57 Å². The minimum Gasteiger partial charge on any atom is -0.270 e. The fraction of sp³-hybridized carbons (Fsp3) is 0. The van der Waals surface area contributed by atoms with E-state index in [-0.39, 0.29) is 0 Å². The molecule has 0 saturated heterocycles. The summed E-state index contributed by atoms with van der Waals surface area (Å²) in [6.07, 6.45) is 3.10. The van der Waals surface area contributed by atoms with E-state index in [9.17, 15) is 0 Å². The molecule has 2 rings (SSSR count). The first kappa shape index (κ1) is 6.29. The van der Waals surface area contributed by atoms with E-state index in [1.807, 2.05) is 0 Å². The molecule has 56 valence electrons. The Hall–Kier alpha value is -1.43. The molecule has 6 nitrogen and oxygen atoms in total. The van der Waals surface area contributed by atoms with Crippen molar-refractivity contribution in [3.8, 4) is 5.95 Å². The number of hydrogen-bond donors (Lipinski definition) is 1. The number of imidazole rings is 1. The molecular formula is C4H3ClN6. The monoisotopic (exact) mass is 170 g/mol. The lowest BCUT2D eigenvalue weighted by atomic mass is 10.8. The van der Waals surface area contributed by atoms with Gasteiger partial charge < -0.3 is 0 Å². The molecule has 0 saturated carbocycles. The zero-order valence-electron chi connectivity index (χ0n) is 5.27. The van der Waals surface area contributed by atoms with Crippen molar-refractivity contribution in [1.29, 1.82) is 0 Å². The second-order valence-corrected chi connectivity index (χ2v) is 2.20. The van der Waals surface area contributed by atoms with Crippen LogP contribution in [0.15, 0.2) is 12.5 Å². The molecule has 0 radical (unpaired) electrons. The van der Waals surface area contributed by atoms with Crippen molar-refractivity contribution >= 4 is 11.6 Å². The number of H-pyrrole nitrogens is 1. The number of hydrogen-bond acceptors (Lipinski definition) is 4. The first-order valence-electron chi connectivity index (χ1n) is 2.79. The fourth-order valence-electron chi connectivity index (χ4n) is 0.674. The van der Waals surface area contributed by atoms with Crippen LogP contribution in [-0.2, 0) is 0 Å². The van der Waals surface area contributed by atoms with Gasteiger partial charge in [0, 0.05) is 0 Å². The Morgan fingerprint density at radius 3 is 3.00 bits per heavy atom. The SMILES string of the molecule is Clc1cn(-c2nn[nH]n2)cn1. The molecule has 0 spiro atoms. The highest BCUT2D eigenvalue weighted by molar-refractivity contribution is 6.29. The number of aromatic nitrogens is 6. The van der Waals surface area contributed by atoms with E-state index < -0.39 is 0 Å². The lowest BCUT2D eigenvalue weighted by Crippen LogP contribution is -1.91. The Labute approximate surface area is 66.2 Å². The number of halogens is 1. The minimum atomic E-state index is 0.398. The van der Waals surface area contributed by atoms with Crippen LogP contribution in [0.1, 0.15) is 0 Å². The van der Waals surface area contributed by atoms with Crippen molar-refractivity contribution in [2.24, 2.45) is 0 Å². The molecule has 0 aliphatic heterocycles. The average Bonchev–Trinajstić information content (AvgIpc) is 2.55. The summed E-state index contributed by atoms with van der Waals surface area (Å²) in [7, 11) is 0. The summed E-state index contributed by atoms with van der Waals surface area (Å²) in [5.74, 6) is 0.421. The predicted molar refractivity (Wildman–Crippen MR) is 36.3 cm³/mol. The van der Waals surface area contributed by atoms with E-state index in [1.165, 1.54) is 6.33 Å². The van der Waals surface area contributed by atoms with Crippen LogP contribution < -0.4 is 0 Å². The molecule has 0 unspecified atom stereocenters. The summed E-state index contributed by atoms with van der Waals surface area (Å²) in [6, 6.07) is 0. The maximum atomic E-state index is 5.56. The van der Waals surface area contributed by atoms with Crippen LogP contribution in [0.5, 0.6) is 0 Å². The van der Waals surface area contributed by atoms with E-state index in [1.54, 1.807) is 10.8 Å². The maximum absolute atomic E-state index is 5.56. The van der Waals surface area contributed by atoms with Gasteiger partial charge in [0.2, 0.25) is 0 Å². The smallest absolute Gasteiger partial charge is 0.270 e. The molecule has 7 heteroatoms. The Kier molecular flexibility index (Phi) is 1.32. The third-order valence-electron chi connectivity index (χ3n) is 1.12. The first-order valence-corrected chi connectivity index (χ1v) is 3.17. The lowest BCUT2D eigenvalue weighted by Gasteiger charge is -1.87. The van der Waals surface area contributed by atoms with Gasteiger partial charge in [-0.15, -0.1) is 5.10 Å². The number of tetrazole rings is 1. The predicted octanol–water partition coefficient (Wildman–Crippen LogP) is 0.0388. The van der Waals surface area contributed by atoms with Gasteiger partial charge in [0.1, 0.15) is 11.5 Å². The normalized spacial score (nSPS) is 10.3. The van der Waals surface area contributed by atoms with Gasteiger partial charge in [-0.1, -0.05) is 16.7 Å². The van der Waals surface area contributed by atoms with Gasteiger partial charge in [0.15, 0.2) is 0 Å². The third kappa shape index (κ3) is 1.07. The van der Waals surface area contributed by atoms with Crippen molar-refractivity contribution < 1.29 is 0 Å². The molecule has 0 aliphatic carbocycles. The number of rotatable bonds is 1. The highest BCUT2D eigenvalue weighted by Crippen LogP contribution is 2.05. The van der Waals surface area contributed by atoms with Gasteiger partial charge in [0.05, 0.1) is 6.20 Å². The Balaban J connectivity index is 2.45. The molecule has 11 heavy (non-hydrogen) atoms. The molecule has 0 aromatic carbocycles. The van der Waals surface area contributed by atoms with E-state index >= 15 is 0 Å². The van der Waals surface area contributed by atoms with Gasteiger partial charge in [0.25, 0.3) is 5.95 Å². The summed E-state index contributed by atoms with van der Waals surface area (Å²) in [5, 5.41) is 13.5. The van der Waals surface area contributed by atoms with Crippen molar-refractivity contribution in [2.75, 3.05) is 0 Å². The second-order valence-electron chi connectivity index (χ2n) is 1.82. The molecule has 1 N–H and O–H groups in total. The van der Waals surface area contributed by atoms with E-state index in [4.69, 9.17) is 11.6 Å². The molecule has 2 aromatic heterocycles. The van der Waals surface area contributed by atoms with Gasteiger partial charge >= 0.3 is 0 Å². The summed E-state index contributed by atoms with van der Waals surface area (Å²) >= 11 is 5.56. The van der Waals surface area contributed by atoms with Crippen LogP contribution in [0.4, 0.5) is 0 Å². The van der Waals surface area contributed by atoms with E-state index in [0.717, 1.165) is 0 Å². The molecule has 0 fully saturated rings.